The molecule has 1 aliphatic carbocycles. The van der Waals surface area contributed by atoms with E-state index in [0.717, 1.165) is 12.5 Å². The zero-order valence-electron chi connectivity index (χ0n) is 11.8. The Morgan fingerprint density at radius 2 is 2.10 bits per heavy atom. The van der Waals surface area contributed by atoms with Gasteiger partial charge in [0, 0.05) is 13.6 Å². The van der Waals surface area contributed by atoms with Gasteiger partial charge in [-0.15, -0.1) is 0 Å². The van der Waals surface area contributed by atoms with Gasteiger partial charge in [-0.25, -0.2) is 17.1 Å². The molecule has 20 heavy (non-hydrogen) atoms. The average molecular weight is 302 g/mol. The number of benzene rings is 1. The number of ether oxygens (including phenoxy) is 1. The van der Waals surface area contributed by atoms with Crippen LogP contribution in [0.25, 0.3) is 0 Å². The van der Waals surface area contributed by atoms with E-state index in [9.17, 15) is 12.8 Å². The van der Waals surface area contributed by atoms with Crippen LogP contribution in [0.3, 0.4) is 0 Å². The standard InChI is InChI=1S/C13H19FN2O3S/c1-8-4-9(8)7-16(2)20(17,18)10-5-11(14)13(19-3)12(15)6-10/h5-6,8-9H,4,7,15H2,1-3H3. The van der Waals surface area contributed by atoms with Gasteiger partial charge in [0.2, 0.25) is 10.0 Å². The number of hydrogen-bond donors (Lipinski definition) is 1. The fourth-order valence-electron chi connectivity index (χ4n) is 2.21. The van der Waals surface area contributed by atoms with Crippen molar-refractivity contribution in [2.45, 2.75) is 18.2 Å². The molecule has 112 valence electrons. The first-order valence-electron chi connectivity index (χ1n) is 6.36. The molecular formula is C13H19FN2O3S. The van der Waals surface area contributed by atoms with E-state index in [2.05, 4.69) is 6.92 Å². The topological polar surface area (TPSA) is 72.6 Å². The third-order valence-electron chi connectivity index (χ3n) is 3.73. The van der Waals surface area contributed by atoms with Crippen molar-refractivity contribution < 1.29 is 17.5 Å². The maximum atomic E-state index is 13.8. The van der Waals surface area contributed by atoms with Crippen LogP contribution >= 0.6 is 0 Å². The van der Waals surface area contributed by atoms with Gasteiger partial charge in [-0.1, -0.05) is 6.92 Å². The molecule has 1 fully saturated rings. The molecule has 0 saturated heterocycles. The number of methoxy groups -OCH3 is 1. The van der Waals surface area contributed by atoms with Crippen molar-refractivity contribution in [3.8, 4) is 5.75 Å². The van der Waals surface area contributed by atoms with Crippen molar-refractivity contribution in [2.24, 2.45) is 11.8 Å². The molecule has 0 aliphatic heterocycles. The molecule has 0 amide bonds. The van der Waals surface area contributed by atoms with E-state index in [1.54, 1.807) is 0 Å². The largest absolute Gasteiger partial charge is 0.492 e. The smallest absolute Gasteiger partial charge is 0.243 e. The van der Waals surface area contributed by atoms with Crippen LogP contribution in [0.1, 0.15) is 13.3 Å². The molecule has 5 nitrogen and oxygen atoms in total. The summed E-state index contributed by atoms with van der Waals surface area (Å²) < 4.78 is 44.5. The summed E-state index contributed by atoms with van der Waals surface area (Å²) in [5.74, 6) is 0.0159. The minimum Gasteiger partial charge on any atom is -0.492 e. The van der Waals surface area contributed by atoms with Gasteiger partial charge >= 0.3 is 0 Å². The van der Waals surface area contributed by atoms with Crippen LogP contribution in [0.2, 0.25) is 0 Å². The molecule has 0 radical (unpaired) electrons. The van der Waals surface area contributed by atoms with Crippen molar-refractivity contribution in [1.82, 2.24) is 4.31 Å². The predicted molar refractivity (Wildman–Crippen MR) is 74.5 cm³/mol. The molecule has 1 saturated carbocycles. The van der Waals surface area contributed by atoms with Crippen molar-refractivity contribution >= 4 is 15.7 Å². The van der Waals surface area contributed by atoms with Crippen LogP contribution in [0, 0.1) is 17.7 Å². The summed E-state index contributed by atoms with van der Waals surface area (Å²) >= 11 is 0. The zero-order valence-corrected chi connectivity index (χ0v) is 12.6. The number of nitrogens with two attached hydrogens (primary N) is 1. The lowest BCUT2D eigenvalue weighted by atomic mass is 10.3. The monoisotopic (exact) mass is 302 g/mol. The fraction of sp³-hybridized carbons (Fsp3) is 0.538. The van der Waals surface area contributed by atoms with Crippen LogP contribution in [0.15, 0.2) is 17.0 Å². The highest BCUT2D eigenvalue weighted by atomic mass is 32.2. The Morgan fingerprint density at radius 1 is 1.50 bits per heavy atom. The van der Waals surface area contributed by atoms with Gasteiger partial charge in [0.05, 0.1) is 17.7 Å². The Hall–Kier alpha value is -1.34. The minimum absolute atomic E-state index is 0.0285. The second kappa shape index (κ2) is 5.21. The van der Waals surface area contributed by atoms with Crippen LogP contribution in [-0.4, -0.2) is 33.4 Å². The Balaban J connectivity index is 2.29. The SMILES string of the molecule is COc1c(N)cc(S(=O)(=O)N(C)CC2CC2C)cc1F. The maximum absolute atomic E-state index is 13.8. The molecule has 0 spiro atoms. The minimum atomic E-state index is -3.73. The molecule has 2 unspecified atom stereocenters. The summed E-state index contributed by atoms with van der Waals surface area (Å²) in [7, 11) is -0.950. The second-order valence-corrected chi connectivity index (χ2v) is 7.33. The summed E-state index contributed by atoms with van der Waals surface area (Å²) in [5.41, 5.74) is 5.59. The highest BCUT2D eigenvalue weighted by Crippen LogP contribution is 2.39. The summed E-state index contributed by atoms with van der Waals surface area (Å²) in [6.07, 6.45) is 1.03. The molecule has 2 atom stereocenters. The van der Waals surface area contributed by atoms with Gasteiger partial charge in [-0.05, 0) is 30.4 Å². The molecule has 2 rings (SSSR count). The maximum Gasteiger partial charge on any atom is 0.243 e. The lowest BCUT2D eigenvalue weighted by Gasteiger charge is -2.18. The summed E-state index contributed by atoms with van der Waals surface area (Å²) in [6.45, 7) is 2.52. The van der Waals surface area contributed by atoms with Crippen LogP contribution in [-0.2, 0) is 10.0 Å². The van der Waals surface area contributed by atoms with E-state index in [-0.39, 0.29) is 16.3 Å². The van der Waals surface area contributed by atoms with Crippen LogP contribution in [0.4, 0.5) is 10.1 Å². The zero-order chi connectivity index (χ0) is 15.1. The molecule has 0 bridgehead atoms. The highest BCUT2D eigenvalue weighted by molar-refractivity contribution is 7.89. The van der Waals surface area contributed by atoms with Crippen molar-refractivity contribution in [3.63, 3.8) is 0 Å². The van der Waals surface area contributed by atoms with Gasteiger partial charge in [0.25, 0.3) is 0 Å². The van der Waals surface area contributed by atoms with E-state index in [1.165, 1.54) is 24.5 Å². The lowest BCUT2D eigenvalue weighted by Crippen LogP contribution is -2.29. The van der Waals surface area contributed by atoms with E-state index in [4.69, 9.17) is 10.5 Å². The Kier molecular flexibility index (Phi) is 3.93. The third kappa shape index (κ3) is 2.73. The molecule has 2 N–H and O–H groups in total. The molecule has 0 aromatic heterocycles. The van der Waals surface area contributed by atoms with Gasteiger partial charge < -0.3 is 10.5 Å². The normalized spacial score (nSPS) is 22.1. The molecule has 1 aromatic rings. The third-order valence-corrected chi connectivity index (χ3v) is 5.53. The first-order chi connectivity index (χ1) is 9.27. The number of nitrogen functional groups attached to an aromatic ring is 1. The molecule has 7 heteroatoms. The number of hydrogen-bond acceptors (Lipinski definition) is 4. The highest BCUT2D eigenvalue weighted by Gasteiger charge is 2.36. The first-order valence-corrected chi connectivity index (χ1v) is 7.80. The number of nitrogens with zero attached hydrogens (tertiary/aromatic N) is 1. The van der Waals surface area contributed by atoms with Crippen molar-refractivity contribution in [3.05, 3.63) is 17.9 Å². The Bertz CT molecular complexity index is 595. The lowest BCUT2D eigenvalue weighted by molar-refractivity contribution is 0.387. The summed E-state index contributed by atoms with van der Waals surface area (Å²) in [6, 6.07) is 2.17. The molecular weight excluding hydrogens is 283 g/mol. The van der Waals surface area contributed by atoms with Gasteiger partial charge in [0.15, 0.2) is 11.6 Å². The molecule has 1 aromatic carbocycles. The summed E-state index contributed by atoms with van der Waals surface area (Å²) in [4.78, 5) is -0.149. The summed E-state index contributed by atoms with van der Waals surface area (Å²) in [5, 5.41) is 0. The predicted octanol–water partition coefficient (Wildman–Crippen LogP) is 1.69. The van der Waals surface area contributed by atoms with Crippen LogP contribution < -0.4 is 10.5 Å². The van der Waals surface area contributed by atoms with Crippen LogP contribution in [0.5, 0.6) is 5.75 Å². The van der Waals surface area contributed by atoms with E-state index in [0.29, 0.717) is 18.4 Å². The molecule has 0 heterocycles. The number of rotatable bonds is 5. The van der Waals surface area contributed by atoms with Gasteiger partial charge in [-0.3, -0.25) is 0 Å². The second-order valence-electron chi connectivity index (χ2n) is 5.29. The van der Waals surface area contributed by atoms with Crippen molar-refractivity contribution in [1.29, 1.82) is 0 Å². The van der Waals surface area contributed by atoms with E-state index < -0.39 is 15.8 Å². The average Bonchev–Trinajstić information content (AvgIpc) is 3.04. The Morgan fingerprint density at radius 3 is 2.55 bits per heavy atom. The number of anilines is 1. The van der Waals surface area contributed by atoms with Gasteiger partial charge in [-0.2, -0.15) is 0 Å². The van der Waals surface area contributed by atoms with Crippen molar-refractivity contribution in [2.75, 3.05) is 26.4 Å². The molecule has 1 aliphatic rings. The Labute approximate surface area is 118 Å². The number of halogens is 1. The quantitative estimate of drug-likeness (QED) is 0.840. The van der Waals surface area contributed by atoms with Gasteiger partial charge in [0.1, 0.15) is 0 Å². The first kappa shape index (κ1) is 15.1. The van der Waals surface area contributed by atoms with E-state index >= 15 is 0 Å². The number of sulfonamides is 1. The van der Waals surface area contributed by atoms with E-state index in [1.807, 2.05) is 0 Å². The fourth-order valence-corrected chi connectivity index (χ4v) is 3.49.